The molecule has 0 bridgehead atoms. The lowest BCUT2D eigenvalue weighted by Crippen LogP contribution is -2.45. The Balaban J connectivity index is 1.40. The van der Waals surface area contributed by atoms with E-state index in [4.69, 9.17) is 14.7 Å². The largest absolute Gasteiger partial charge is 0.372 e. The van der Waals surface area contributed by atoms with Crippen molar-refractivity contribution in [2.75, 3.05) is 24.2 Å². The number of ether oxygens (including phenoxy) is 1. The van der Waals surface area contributed by atoms with Gasteiger partial charge in [0.15, 0.2) is 9.84 Å². The number of carbonyl (C=O) groups excluding carboxylic acids is 1. The Morgan fingerprint density at radius 2 is 1.85 bits per heavy atom. The molecule has 5 rings (SSSR count). The predicted octanol–water partition coefficient (Wildman–Crippen LogP) is 3.82. The van der Waals surface area contributed by atoms with Gasteiger partial charge in [-0.2, -0.15) is 5.26 Å². The highest BCUT2D eigenvalue weighted by molar-refractivity contribution is 7.90. The molecule has 41 heavy (non-hydrogen) atoms. The summed E-state index contributed by atoms with van der Waals surface area (Å²) in [6, 6.07) is 15.9. The van der Waals surface area contributed by atoms with E-state index in [1.54, 1.807) is 37.4 Å². The lowest BCUT2D eigenvalue weighted by atomic mass is 10.1. The van der Waals surface area contributed by atoms with Crippen molar-refractivity contribution in [3.8, 4) is 17.5 Å². The first kappa shape index (κ1) is 28.1. The van der Waals surface area contributed by atoms with Gasteiger partial charge in [0.05, 0.1) is 46.1 Å². The molecule has 3 aromatic heterocycles. The number of anilines is 1. The zero-order valence-corrected chi connectivity index (χ0v) is 24.1. The molecule has 210 valence electrons. The van der Waals surface area contributed by atoms with Crippen molar-refractivity contribution in [2.24, 2.45) is 0 Å². The van der Waals surface area contributed by atoms with Gasteiger partial charge in [-0.3, -0.25) is 9.78 Å². The maximum absolute atomic E-state index is 12.8. The minimum atomic E-state index is -3.46. The molecule has 0 aliphatic carbocycles. The first-order chi connectivity index (χ1) is 19.5. The standard InChI is InChI=1S/C30H30N6O4S/c1-18-5-6-21(11-27(18)41(4,38)39)30(37)33-15-24-12-26-23(14-32-24)7-9-25(34-26)29-22(13-31)8-10-28(35-29)36-16-19(2)40-20(3)17-36/h5-12,14,19-20H,15-17H2,1-4H3,(H,33,37)/t19-,20+. The molecule has 1 saturated heterocycles. The SMILES string of the molecule is Cc1ccc(C(=O)NCc2cc3nc(-c4nc(N5C[C@@H](C)O[C@@H](C)C5)ccc4C#N)ccc3cn2)cc1S(C)(=O)=O. The summed E-state index contributed by atoms with van der Waals surface area (Å²) in [6.45, 7) is 7.26. The van der Waals surface area contributed by atoms with Crippen molar-refractivity contribution in [3.05, 3.63) is 77.1 Å². The monoisotopic (exact) mass is 570 g/mol. The number of fused-ring (bicyclic) bond motifs is 1. The van der Waals surface area contributed by atoms with Gasteiger partial charge in [-0.1, -0.05) is 6.07 Å². The number of aromatic nitrogens is 3. The zero-order valence-electron chi connectivity index (χ0n) is 23.2. The number of sulfone groups is 1. The second-order valence-electron chi connectivity index (χ2n) is 10.3. The minimum absolute atomic E-state index is 0.0672. The molecule has 4 aromatic rings. The molecule has 1 amide bonds. The van der Waals surface area contributed by atoms with Crippen molar-refractivity contribution < 1.29 is 17.9 Å². The summed E-state index contributed by atoms with van der Waals surface area (Å²) in [7, 11) is -3.46. The summed E-state index contributed by atoms with van der Waals surface area (Å²) < 4.78 is 29.9. The van der Waals surface area contributed by atoms with E-state index in [0.29, 0.717) is 46.8 Å². The molecule has 0 radical (unpaired) electrons. The molecule has 0 unspecified atom stereocenters. The fraction of sp³-hybridized carbons (Fsp3) is 0.300. The van der Waals surface area contributed by atoms with E-state index in [9.17, 15) is 18.5 Å². The summed E-state index contributed by atoms with van der Waals surface area (Å²) in [6.07, 6.45) is 2.93. The maximum Gasteiger partial charge on any atom is 0.251 e. The highest BCUT2D eigenvalue weighted by Crippen LogP contribution is 2.27. The molecular weight excluding hydrogens is 540 g/mol. The van der Waals surface area contributed by atoms with E-state index in [2.05, 4.69) is 21.3 Å². The van der Waals surface area contributed by atoms with Crippen LogP contribution in [0.4, 0.5) is 5.82 Å². The highest BCUT2D eigenvalue weighted by Gasteiger charge is 2.24. The number of morpholine rings is 1. The van der Waals surface area contributed by atoms with Gasteiger partial charge >= 0.3 is 0 Å². The number of rotatable bonds is 6. The van der Waals surface area contributed by atoms with Crippen LogP contribution in [0.3, 0.4) is 0 Å². The number of aryl methyl sites for hydroxylation is 1. The van der Waals surface area contributed by atoms with E-state index in [0.717, 1.165) is 17.5 Å². The van der Waals surface area contributed by atoms with E-state index in [1.165, 1.54) is 6.07 Å². The third-order valence-electron chi connectivity index (χ3n) is 6.90. The van der Waals surface area contributed by atoms with E-state index in [1.807, 2.05) is 32.0 Å². The summed E-state index contributed by atoms with van der Waals surface area (Å²) in [4.78, 5) is 29.1. The van der Waals surface area contributed by atoms with Gasteiger partial charge in [-0.25, -0.2) is 18.4 Å². The van der Waals surface area contributed by atoms with E-state index < -0.39 is 15.7 Å². The number of nitriles is 1. The molecule has 1 aliphatic rings. The minimum Gasteiger partial charge on any atom is -0.372 e. The van der Waals surface area contributed by atoms with Gasteiger partial charge in [0, 0.05) is 36.5 Å². The molecule has 1 N–H and O–H groups in total. The van der Waals surface area contributed by atoms with Gasteiger partial charge in [-0.15, -0.1) is 0 Å². The number of pyridine rings is 3. The molecule has 10 nitrogen and oxygen atoms in total. The fourth-order valence-electron chi connectivity index (χ4n) is 4.98. The molecular formula is C30H30N6O4S. The molecule has 4 heterocycles. The number of hydrogen-bond donors (Lipinski definition) is 1. The number of amides is 1. The lowest BCUT2D eigenvalue weighted by Gasteiger charge is -2.36. The summed E-state index contributed by atoms with van der Waals surface area (Å²) in [5.41, 5.74) is 3.51. The average molecular weight is 571 g/mol. The van der Waals surface area contributed by atoms with Crippen molar-refractivity contribution in [1.29, 1.82) is 5.26 Å². The molecule has 1 fully saturated rings. The topological polar surface area (TPSA) is 138 Å². The van der Waals surface area contributed by atoms with Gasteiger partial charge < -0.3 is 15.0 Å². The quantitative estimate of drug-likeness (QED) is 0.367. The van der Waals surface area contributed by atoms with Crippen molar-refractivity contribution in [2.45, 2.75) is 44.4 Å². The van der Waals surface area contributed by atoms with Gasteiger partial charge in [0.2, 0.25) is 0 Å². The van der Waals surface area contributed by atoms with Crippen LogP contribution in [0.15, 0.2) is 59.6 Å². The van der Waals surface area contributed by atoms with Crippen LogP contribution in [-0.4, -0.2) is 60.8 Å². The first-order valence-electron chi connectivity index (χ1n) is 13.2. The van der Waals surface area contributed by atoms with Crippen LogP contribution >= 0.6 is 0 Å². The number of nitrogens with zero attached hydrogens (tertiary/aromatic N) is 5. The second-order valence-corrected chi connectivity index (χ2v) is 12.3. The predicted molar refractivity (Wildman–Crippen MR) is 155 cm³/mol. The second kappa shape index (κ2) is 11.2. The normalized spacial score (nSPS) is 17.3. The average Bonchev–Trinajstić information content (AvgIpc) is 2.94. The van der Waals surface area contributed by atoms with E-state index in [-0.39, 0.29) is 29.2 Å². The molecule has 1 aliphatic heterocycles. The Kier molecular flexibility index (Phi) is 7.71. The molecule has 0 saturated carbocycles. The summed E-state index contributed by atoms with van der Waals surface area (Å²) in [5, 5.41) is 13.4. The third-order valence-corrected chi connectivity index (χ3v) is 8.14. The highest BCUT2D eigenvalue weighted by atomic mass is 32.2. The van der Waals surface area contributed by atoms with Crippen LogP contribution in [0.25, 0.3) is 22.3 Å². The van der Waals surface area contributed by atoms with Crippen LogP contribution in [0.2, 0.25) is 0 Å². The molecule has 2 atom stereocenters. The lowest BCUT2D eigenvalue weighted by molar-refractivity contribution is -0.00545. The third kappa shape index (κ3) is 6.19. The van der Waals surface area contributed by atoms with Gasteiger partial charge in [0.25, 0.3) is 5.91 Å². The number of benzene rings is 1. The summed E-state index contributed by atoms with van der Waals surface area (Å²) in [5.74, 6) is 0.348. The molecule has 11 heteroatoms. The Bertz CT molecular complexity index is 1790. The van der Waals surface area contributed by atoms with Crippen molar-refractivity contribution >= 4 is 32.5 Å². The smallest absolute Gasteiger partial charge is 0.251 e. The number of hydrogen-bond acceptors (Lipinski definition) is 9. The Morgan fingerprint density at radius 3 is 2.56 bits per heavy atom. The van der Waals surface area contributed by atoms with E-state index >= 15 is 0 Å². The summed E-state index contributed by atoms with van der Waals surface area (Å²) >= 11 is 0. The van der Waals surface area contributed by atoms with Crippen molar-refractivity contribution in [1.82, 2.24) is 20.3 Å². The van der Waals surface area contributed by atoms with Gasteiger partial charge in [-0.05, 0) is 68.8 Å². The number of carbonyl (C=O) groups is 1. The maximum atomic E-state index is 12.8. The Morgan fingerprint density at radius 1 is 1.10 bits per heavy atom. The van der Waals surface area contributed by atoms with Crippen LogP contribution in [-0.2, 0) is 21.1 Å². The Hall–Kier alpha value is -4.40. The van der Waals surface area contributed by atoms with Gasteiger partial charge in [0.1, 0.15) is 17.6 Å². The van der Waals surface area contributed by atoms with Crippen LogP contribution < -0.4 is 10.2 Å². The number of nitrogens with one attached hydrogen (secondary N) is 1. The van der Waals surface area contributed by atoms with Crippen LogP contribution in [0.5, 0.6) is 0 Å². The zero-order chi connectivity index (χ0) is 29.3. The molecule has 1 aromatic carbocycles. The van der Waals surface area contributed by atoms with Crippen LogP contribution in [0.1, 0.15) is 41.0 Å². The van der Waals surface area contributed by atoms with Crippen LogP contribution in [0, 0.1) is 18.3 Å². The Labute approximate surface area is 238 Å². The van der Waals surface area contributed by atoms with Crippen molar-refractivity contribution in [3.63, 3.8) is 0 Å². The fourth-order valence-corrected chi connectivity index (χ4v) is 5.97. The first-order valence-corrected chi connectivity index (χ1v) is 15.1. The molecule has 0 spiro atoms.